The number of hydrogen-bond donors (Lipinski definition) is 0. The number of nitro benzene ring substituents is 1. The van der Waals surface area contributed by atoms with E-state index < -0.39 is 14.9 Å². The first-order valence-electron chi connectivity index (χ1n) is 8.06. The molecule has 0 saturated carbocycles. The van der Waals surface area contributed by atoms with Gasteiger partial charge in [-0.15, -0.1) is 0 Å². The van der Waals surface area contributed by atoms with E-state index in [2.05, 4.69) is 0 Å². The minimum absolute atomic E-state index is 0.0639. The summed E-state index contributed by atoms with van der Waals surface area (Å²) in [4.78, 5) is 12.2. The minimum atomic E-state index is -3.86. The largest absolute Gasteiger partial charge is 0.367 e. The number of rotatable bonds is 4. The average Bonchev–Trinajstić information content (AvgIpc) is 2.62. The predicted molar refractivity (Wildman–Crippen MR) is 95.2 cm³/mol. The summed E-state index contributed by atoms with van der Waals surface area (Å²) in [6.07, 6.45) is 0. The third kappa shape index (κ3) is 3.27. The van der Waals surface area contributed by atoms with Crippen LogP contribution < -0.4 is 4.90 Å². The fraction of sp³-hybridized carbons (Fsp3) is 0.294. The maximum atomic E-state index is 13.9. The molecule has 2 aromatic rings. The lowest BCUT2D eigenvalue weighted by Gasteiger charge is -2.35. The standard InChI is InChI=1S/C17H18FN3O4S/c1-13-15(21(22)23)7-4-8-17(13)26(24,25)20-11-9-19(10-12-20)16-6-3-2-5-14(16)18/h2-8H,9-12H2,1H3. The molecule has 0 N–H and O–H groups in total. The van der Waals surface area contributed by atoms with Crippen LogP contribution in [0, 0.1) is 22.9 Å². The molecular weight excluding hydrogens is 361 g/mol. The van der Waals surface area contributed by atoms with Crippen LogP contribution in [0.4, 0.5) is 15.8 Å². The lowest BCUT2D eigenvalue weighted by molar-refractivity contribution is -0.385. The molecule has 3 rings (SSSR count). The number of para-hydroxylation sites is 1. The van der Waals surface area contributed by atoms with Gasteiger partial charge in [0.2, 0.25) is 10.0 Å². The van der Waals surface area contributed by atoms with Crippen LogP contribution in [0.15, 0.2) is 47.4 Å². The highest BCUT2D eigenvalue weighted by molar-refractivity contribution is 7.89. The van der Waals surface area contributed by atoms with E-state index in [0.717, 1.165) is 0 Å². The number of halogens is 1. The molecule has 0 aliphatic carbocycles. The summed E-state index contributed by atoms with van der Waals surface area (Å²) in [6, 6.07) is 10.4. The Morgan fingerprint density at radius 3 is 2.31 bits per heavy atom. The average molecular weight is 379 g/mol. The highest BCUT2D eigenvalue weighted by Gasteiger charge is 2.32. The number of piperazine rings is 1. The highest BCUT2D eigenvalue weighted by atomic mass is 32.2. The number of anilines is 1. The second-order valence-electron chi connectivity index (χ2n) is 6.00. The van der Waals surface area contributed by atoms with Crippen molar-refractivity contribution in [1.82, 2.24) is 4.31 Å². The molecule has 1 saturated heterocycles. The van der Waals surface area contributed by atoms with Crippen LogP contribution >= 0.6 is 0 Å². The van der Waals surface area contributed by atoms with Gasteiger partial charge in [0.1, 0.15) is 5.82 Å². The Bertz CT molecular complexity index is 941. The molecule has 26 heavy (non-hydrogen) atoms. The molecular formula is C17H18FN3O4S. The Labute approximate surface area is 150 Å². The molecule has 0 bridgehead atoms. The van der Waals surface area contributed by atoms with E-state index in [4.69, 9.17) is 0 Å². The van der Waals surface area contributed by atoms with Crippen LogP contribution in [0.2, 0.25) is 0 Å². The highest BCUT2D eigenvalue weighted by Crippen LogP contribution is 2.28. The van der Waals surface area contributed by atoms with Gasteiger partial charge in [-0.05, 0) is 25.1 Å². The van der Waals surface area contributed by atoms with Crippen molar-refractivity contribution in [3.63, 3.8) is 0 Å². The molecule has 2 aromatic carbocycles. The summed E-state index contributed by atoms with van der Waals surface area (Å²) in [7, 11) is -3.86. The number of sulfonamides is 1. The van der Waals surface area contributed by atoms with Gasteiger partial charge in [-0.25, -0.2) is 12.8 Å². The smallest absolute Gasteiger partial charge is 0.273 e. The quantitative estimate of drug-likeness (QED) is 0.602. The first kappa shape index (κ1) is 18.3. The van der Waals surface area contributed by atoms with Crippen LogP contribution in [0.25, 0.3) is 0 Å². The maximum Gasteiger partial charge on any atom is 0.273 e. The van der Waals surface area contributed by atoms with Gasteiger partial charge in [0, 0.05) is 37.8 Å². The fourth-order valence-corrected chi connectivity index (χ4v) is 4.76. The van der Waals surface area contributed by atoms with E-state index in [9.17, 15) is 22.9 Å². The molecule has 9 heteroatoms. The predicted octanol–water partition coefficient (Wildman–Crippen LogP) is 2.55. The summed E-state index contributed by atoms with van der Waals surface area (Å²) in [5.74, 6) is -0.349. The molecule has 1 aliphatic heterocycles. The van der Waals surface area contributed by atoms with Gasteiger partial charge in [-0.1, -0.05) is 18.2 Å². The van der Waals surface area contributed by atoms with Crippen molar-refractivity contribution < 1.29 is 17.7 Å². The number of hydrogen-bond acceptors (Lipinski definition) is 5. The summed E-state index contributed by atoms with van der Waals surface area (Å²) in [5, 5.41) is 11.1. The van der Waals surface area contributed by atoms with Crippen molar-refractivity contribution in [2.45, 2.75) is 11.8 Å². The van der Waals surface area contributed by atoms with Crippen LogP contribution in [-0.4, -0.2) is 43.8 Å². The van der Waals surface area contributed by atoms with Gasteiger partial charge < -0.3 is 4.90 Å². The number of nitro groups is 1. The molecule has 1 heterocycles. The molecule has 1 fully saturated rings. The maximum absolute atomic E-state index is 13.9. The zero-order valence-corrected chi connectivity index (χ0v) is 14.9. The van der Waals surface area contributed by atoms with Gasteiger partial charge in [0.05, 0.1) is 15.5 Å². The van der Waals surface area contributed by atoms with Crippen molar-refractivity contribution in [2.24, 2.45) is 0 Å². The van der Waals surface area contributed by atoms with Gasteiger partial charge in [0.25, 0.3) is 5.69 Å². The van der Waals surface area contributed by atoms with E-state index >= 15 is 0 Å². The number of nitrogens with zero attached hydrogens (tertiary/aromatic N) is 3. The molecule has 0 unspecified atom stereocenters. The Kier molecular flexibility index (Phi) is 4.92. The Balaban J connectivity index is 1.82. The van der Waals surface area contributed by atoms with Gasteiger partial charge in [-0.2, -0.15) is 4.31 Å². The molecule has 0 aromatic heterocycles. The van der Waals surface area contributed by atoms with Gasteiger partial charge in [-0.3, -0.25) is 10.1 Å². The molecule has 138 valence electrons. The van der Waals surface area contributed by atoms with Crippen molar-refractivity contribution in [2.75, 3.05) is 31.1 Å². The zero-order valence-electron chi connectivity index (χ0n) is 14.1. The van der Waals surface area contributed by atoms with Crippen molar-refractivity contribution in [3.8, 4) is 0 Å². The first-order chi connectivity index (χ1) is 12.3. The van der Waals surface area contributed by atoms with Crippen molar-refractivity contribution >= 4 is 21.4 Å². The number of benzene rings is 2. The minimum Gasteiger partial charge on any atom is -0.367 e. The fourth-order valence-electron chi connectivity index (χ4n) is 3.10. The Morgan fingerprint density at radius 1 is 1.04 bits per heavy atom. The topological polar surface area (TPSA) is 83.8 Å². The first-order valence-corrected chi connectivity index (χ1v) is 9.50. The third-order valence-corrected chi connectivity index (χ3v) is 6.54. The van der Waals surface area contributed by atoms with Crippen molar-refractivity contribution in [1.29, 1.82) is 0 Å². The Hall–Kier alpha value is -2.52. The summed E-state index contributed by atoms with van der Waals surface area (Å²) < 4.78 is 41.0. The van der Waals surface area contributed by atoms with Crippen LogP contribution in [0.3, 0.4) is 0 Å². The summed E-state index contributed by atoms with van der Waals surface area (Å²) >= 11 is 0. The molecule has 7 nitrogen and oxygen atoms in total. The lowest BCUT2D eigenvalue weighted by atomic mass is 10.2. The van der Waals surface area contributed by atoms with Crippen molar-refractivity contribution in [3.05, 3.63) is 64.0 Å². The van der Waals surface area contributed by atoms with Crippen LogP contribution in [0.1, 0.15) is 5.56 Å². The van der Waals surface area contributed by atoms with E-state index in [1.54, 1.807) is 23.1 Å². The van der Waals surface area contributed by atoms with Gasteiger partial charge >= 0.3 is 0 Å². The summed E-state index contributed by atoms with van der Waals surface area (Å²) in [5.41, 5.74) is 0.334. The van der Waals surface area contributed by atoms with E-state index in [1.807, 2.05) is 0 Å². The molecule has 0 amide bonds. The van der Waals surface area contributed by atoms with E-state index in [0.29, 0.717) is 18.8 Å². The normalized spacial score (nSPS) is 15.8. The summed E-state index contributed by atoms with van der Waals surface area (Å²) in [6.45, 7) is 2.47. The Morgan fingerprint density at radius 2 is 1.69 bits per heavy atom. The monoisotopic (exact) mass is 379 g/mol. The van der Waals surface area contributed by atoms with E-state index in [-0.39, 0.29) is 35.1 Å². The van der Waals surface area contributed by atoms with E-state index in [1.165, 1.54) is 35.5 Å². The molecule has 0 spiro atoms. The molecule has 0 radical (unpaired) electrons. The van der Waals surface area contributed by atoms with Crippen LogP contribution in [-0.2, 0) is 10.0 Å². The molecule has 1 aliphatic rings. The molecule has 0 atom stereocenters. The van der Waals surface area contributed by atoms with Crippen LogP contribution in [0.5, 0.6) is 0 Å². The SMILES string of the molecule is Cc1c([N+](=O)[O-])cccc1S(=O)(=O)N1CCN(c2ccccc2F)CC1. The second-order valence-corrected chi connectivity index (χ2v) is 7.91. The third-order valence-electron chi connectivity index (χ3n) is 4.50. The second kappa shape index (κ2) is 7.00. The zero-order chi connectivity index (χ0) is 18.9. The lowest BCUT2D eigenvalue weighted by Crippen LogP contribution is -2.49. The van der Waals surface area contributed by atoms with Gasteiger partial charge in [0.15, 0.2) is 0 Å².